The normalized spacial score (nSPS) is 17.0. The maximum atomic E-state index is 12.0. The predicted molar refractivity (Wildman–Crippen MR) is 96.7 cm³/mol. The lowest BCUT2D eigenvalue weighted by Gasteiger charge is -2.17. The third kappa shape index (κ3) is 8.24. The molecule has 1 heterocycles. The van der Waals surface area contributed by atoms with Crippen molar-refractivity contribution in [1.29, 1.82) is 0 Å². The molecule has 5 nitrogen and oxygen atoms in total. The minimum Gasteiger partial charge on any atom is -0.370 e. The molecule has 0 aromatic rings. The summed E-state index contributed by atoms with van der Waals surface area (Å²) in [7, 11) is 0. The summed E-state index contributed by atoms with van der Waals surface area (Å²) in [6.07, 6.45) is 17.0. The molecule has 1 rings (SSSR count). The van der Waals surface area contributed by atoms with Gasteiger partial charge < -0.3 is 16.4 Å². The Labute approximate surface area is 139 Å². The highest BCUT2D eigenvalue weighted by Crippen LogP contribution is 2.23. The highest BCUT2D eigenvalue weighted by atomic mass is 16.2. The summed E-state index contributed by atoms with van der Waals surface area (Å²) in [5, 5.41) is 0. The molecule has 128 valence electrons. The van der Waals surface area contributed by atoms with E-state index in [1.807, 2.05) is 4.90 Å². The van der Waals surface area contributed by atoms with E-state index in [2.05, 4.69) is 42.3 Å². The van der Waals surface area contributed by atoms with Crippen LogP contribution >= 0.6 is 0 Å². The number of carbonyl (C=O) groups is 1. The molecule has 1 fully saturated rings. The number of likely N-dealkylation sites (tertiary alicyclic amines) is 1. The molecule has 4 N–H and O–H groups in total. The van der Waals surface area contributed by atoms with Crippen molar-refractivity contribution in [3.05, 3.63) is 36.1 Å². The molecule has 1 aliphatic rings. The van der Waals surface area contributed by atoms with Crippen LogP contribution in [0.25, 0.3) is 0 Å². The first-order valence-corrected chi connectivity index (χ1v) is 8.51. The molecule has 1 amide bonds. The zero-order valence-electron chi connectivity index (χ0n) is 14.2. The molecule has 23 heavy (non-hydrogen) atoms. The van der Waals surface area contributed by atoms with Gasteiger partial charge in [0, 0.05) is 25.2 Å². The first-order chi connectivity index (χ1) is 11.1. The van der Waals surface area contributed by atoms with Gasteiger partial charge in [-0.05, 0) is 44.6 Å². The number of amides is 1. The van der Waals surface area contributed by atoms with E-state index in [-0.39, 0.29) is 11.9 Å². The van der Waals surface area contributed by atoms with Gasteiger partial charge in [0.25, 0.3) is 0 Å². The van der Waals surface area contributed by atoms with Gasteiger partial charge in [0.2, 0.25) is 5.91 Å². The standard InChI is InChI=1S/C18H30N4O/c1-2-3-4-5-6-8-11-16-12-13-17(23)22(16)15-10-7-9-14-21-18(19)20/h3-4,6,8,11H,2,5,7,9-10,12-15H2,1H3,(H4,19,20,21)/b4-3+,8-6+,16-11+. The summed E-state index contributed by atoms with van der Waals surface area (Å²) in [6.45, 7) is 3.57. The maximum absolute atomic E-state index is 12.0. The van der Waals surface area contributed by atoms with E-state index in [1.54, 1.807) is 0 Å². The SMILES string of the molecule is CC/C=C/C/C=C/C=C1\CCC(=O)N1CCCCCN=C(N)N. The summed E-state index contributed by atoms with van der Waals surface area (Å²) in [6, 6.07) is 0. The van der Waals surface area contributed by atoms with Gasteiger partial charge in [-0.25, -0.2) is 0 Å². The van der Waals surface area contributed by atoms with Crippen molar-refractivity contribution in [2.24, 2.45) is 16.5 Å². The topological polar surface area (TPSA) is 84.7 Å². The second-order valence-electron chi connectivity index (χ2n) is 5.61. The van der Waals surface area contributed by atoms with Gasteiger partial charge in [-0.3, -0.25) is 9.79 Å². The van der Waals surface area contributed by atoms with E-state index >= 15 is 0 Å². The first kappa shape index (κ1) is 19.0. The Hall–Kier alpha value is -2.04. The Morgan fingerprint density at radius 3 is 2.74 bits per heavy atom. The van der Waals surface area contributed by atoms with Gasteiger partial charge in [0.1, 0.15) is 0 Å². The third-order valence-corrected chi connectivity index (χ3v) is 3.68. The zero-order chi connectivity index (χ0) is 16.9. The van der Waals surface area contributed by atoms with Crippen LogP contribution in [0.2, 0.25) is 0 Å². The molecule has 0 unspecified atom stereocenters. The van der Waals surface area contributed by atoms with Gasteiger partial charge in [-0.2, -0.15) is 0 Å². The number of allylic oxidation sites excluding steroid dienone is 6. The van der Waals surface area contributed by atoms with Crippen molar-refractivity contribution in [2.45, 2.75) is 51.9 Å². The van der Waals surface area contributed by atoms with Crippen LogP contribution in [0, 0.1) is 0 Å². The number of nitrogens with zero attached hydrogens (tertiary/aromatic N) is 2. The smallest absolute Gasteiger partial charge is 0.227 e. The summed E-state index contributed by atoms with van der Waals surface area (Å²) in [5.74, 6) is 0.380. The van der Waals surface area contributed by atoms with Crippen LogP contribution in [0.1, 0.15) is 51.9 Å². The lowest BCUT2D eigenvalue weighted by atomic mass is 10.2. The molecule has 0 radical (unpaired) electrons. The molecular weight excluding hydrogens is 288 g/mol. The van der Waals surface area contributed by atoms with Crippen LogP contribution in [-0.4, -0.2) is 29.9 Å². The fourth-order valence-electron chi connectivity index (χ4n) is 2.47. The summed E-state index contributed by atoms with van der Waals surface area (Å²) < 4.78 is 0. The number of guanidine groups is 1. The molecule has 1 aliphatic heterocycles. The van der Waals surface area contributed by atoms with Crippen LogP contribution in [0.3, 0.4) is 0 Å². The number of unbranched alkanes of at least 4 members (excludes halogenated alkanes) is 2. The van der Waals surface area contributed by atoms with Crippen LogP contribution in [0.15, 0.2) is 41.1 Å². The largest absolute Gasteiger partial charge is 0.370 e. The fourth-order valence-corrected chi connectivity index (χ4v) is 2.47. The van der Waals surface area contributed by atoms with Crippen molar-refractivity contribution >= 4 is 11.9 Å². The molecule has 0 aromatic heterocycles. The highest BCUT2D eigenvalue weighted by molar-refractivity contribution is 5.81. The molecule has 0 bridgehead atoms. The van der Waals surface area contributed by atoms with Crippen LogP contribution < -0.4 is 11.5 Å². The molecule has 0 aromatic carbocycles. The first-order valence-electron chi connectivity index (χ1n) is 8.51. The van der Waals surface area contributed by atoms with Crippen molar-refractivity contribution in [3.8, 4) is 0 Å². The van der Waals surface area contributed by atoms with Crippen molar-refractivity contribution in [2.75, 3.05) is 13.1 Å². The van der Waals surface area contributed by atoms with E-state index in [0.29, 0.717) is 13.0 Å². The number of carbonyl (C=O) groups excluding carboxylic acids is 1. The summed E-state index contributed by atoms with van der Waals surface area (Å²) in [5.41, 5.74) is 11.7. The molecule has 0 aliphatic carbocycles. The summed E-state index contributed by atoms with van der Waals surface area (Å²) >= 11 is 0. The number of rotatable bonds is 10. The Bertz CT molecular complexity index is 473. The Balaban J connectivity index is 2.34. The molecular formula is C18H30N4O. The molecule has 5 heteroatoms. The summed E-state index contributed by atoms with van der Waals surface area (Å²) in [4.78, 5) is 17.8. The van der Waals surface area contributed by atoms with E-state index in [9.17, 15) is 4.79 Å². The zero-order valence-corrected chi connectivity index (χ0v) is 14.2. The second-order valence-corrected chi connectivity index (χ2v) is 5.61. The van der Waals surface area contributed by atoms with Crippen LogP contribution in [0.5, 0.6) is 0 Å². The van der Waals surface area contributed by atoms with Crippen molar-refractivity contribution in [1.82, 2.24) is 4.90 Å². The second kappa shape index (κ2) is 11.5. The van der Waals surface area contributed by atoms with Gasteiger partial charge in [0.15, 0.2) is 5.96 Å². The Morgan fingerprint density at radius 1 is 1.17 bits per heavy atom. The predicted octanol–water partition coefficient (Wildman–Crippen LogP) is 2.85. The third-order valence-electron chi connectivity index (χ3n) is 3.68. The number of nitrogens with two attached hydrogens (primary N) is 2. The molecule has 0 atom stereocenters. The minimum absolute atomic E-state index is 0.144. The van der Waals surface area contributed by atoms with Crippen LogP contribution in [0.4, 0.5) is 0 Å². The van der Waals surface area contributed by atoms with E-state index in [1.165, 1.54) is 0 Å². The van der Waals surface area contributed by atoms with Gasteiger partial charge in [-0.15, -0.1) is 0 Å². The molecule has 1 saturated heterocycles. The maximum Gasteiger partial charge on any atom is 0.227 e. The van der Waals surface area contributed by atoms with E-state index in [4.69, 9.17) is 11.5 Å². The van der Waals surface area contributed by atoms with Gasteiger partial charge >= 0.3 is 0 Å². The minimum atomic E-state index is 0.144. The lowest BCUT2D eigenvalue weighted by Crippen LogP contribution is -2.24. The number of aliphatic imine (C=N–C) groups is 1. The van der Waals surface area contributed by atoms with Gasteiger partial charge in [0.05, 0.1) is 0 Å². The highest BCUT2D eigenvalue weighted by Gasteiger charge is 2.24. The fraction of sp³-hybridized carbons (Fsp3) is 0.556. The van der Waals surface area contributed by atoms with E-state index in [0.717, 1.165) is 50.8 Å². The monoisotopic (exact) mass is 318 g/mol. The Morgan fingerprint density at radius 2 is 2.00 bits per heavy atom. The number of hydrogen-bond donors (Lipinski definition) is 2. The van der Waals surface area contributed by atoms with Gasteiger partial charge in [-0.1, -0.05) is 31.2 Å². The quantitative estimate of drug-likeness (QED) is 0.281. The van der Waals surface area contributed by atoms with Crippen molar-refractivity contribution in [3.63, 3.8) is 0 Å². The average Bonchev–Trinajstić information content (AvgIpc) is 2.86. The molecule has 0 saturated carbocycles. The lowest BCUT2D eigenvalue weighted by molar-refractivity contribution is -0.126. The number of hydrogen-bond acceptors (Lipinski definition) is 2. The molecule has 0 spiro atoms. The van der Waals surface area contributed by atoms with Crippen molar-refractivity contribution < 1.29 is 4.79 Å². The van der Waals surface area contributed by atoms with E-state index < -0.39 is 0 Å². The average molecular weight is 318 g/mol. The Kier molecular flexibility index (Phi) is 9.52. The van der Waals surface area contributed by atoms with Crippen LogP contribution in [-0.2, 0) is 4.79 Å².